The van der Waals surface area contributed by atoms with Crippen molar-refractivity contribution >= 4 is 40.5 Å². The molecule has 0 radical (unpaired) electrons. The van der Waals surface area contributed by atoms with Crippen LogP contribution in [0.25, 0.3) is 0 Å². The number of nitrogen functional groups attached to an aromatic ring is 1. The maximum absolute atomic E-state index is 12.0. The first kappa shape index (κ1) is 17.4. The molecule has 0 unspecified atom stereocenters. The molecule has 1 amide bonds. The molecule has 0 saturated heterocycles. The van der Waals surface area contributed by atoms with Crippen molar-refractivity contribution in [1.82, 2.24) is 20.4 Å². The van der Waals surface area contributed by atoms with Gasteiger partial charge in [-0.1, -0.05) is 23.7 Å². The molecule has 5 N–H and O–H groups in total. The first-order valence-electron chi connectivity index (χ1n) is 7.65. The third-order valence-electron chi connectivity index (χ3n) is 3.53. The second-order valence-electron chi connectivity index (χ2n) is 5.36. The van der Waals surface area contributed by atoms with Crippen LogP contribution in [0.4, 0.5) is 23.0 Å². The van der Waals surface area contributed by atoms with Crippen molar-refractivity contribution in [2.75, 3.05) is 16.5 Å². The summed E-state index contributed by atoms with van der Waals surface area (Å²) in [5.41, 5.74) is 13.5. The second kappa shape index (κ2) is 7.66. The molecule has 0 aliphatic rings. The summed E-state index contributed by atoms with van der Waals surface area (Å²) in [7, 11) is 0. The number of carbonyl (C=O) groups is 1. The lowest BCUT2D eigenvalue weighted by Crippen LogP contribution is -2.31. The van der Waals surface area contributed by atoms with Gasteiger partial charge < -0.3 is 11.1 Å². The van der Waals surface area contributed by atoms with Crippen LogP contribution in [0.5, 0.6) is 0 Å². The fraction of sp³-hybridized carbons (Fsp3) is 0.0588. The van der Waals surface area contributed by atoms with Crippen molar-refractivity contribution in [3.8, 4) is 0 Å². The first-order valence-corrected chi connectivity index (χ1v) is 8.03. The highest BCUT2D eigenvalue weighted by Crippen LogP contribution is 2.28. The summed E-state index contributed by atoms with van der Waals surface area (Å²) < 4.78 is 0. The van der Waals surface area contributed by atoms with Crippen molar-refractivity contribution in [1.29, 1.82) is 0 Å². The Bertz CT molecular complexity index is 934. The van der Waals surface area contributed by atoms with Crippen molar-refractivity contribution < 1.29 is 4.79 Å². The molecule has 0 aliphatic carbocycles. The predicted octanol–water partition coefficient (Wildman–Crippen LogP) is 2.92. The maximum Gasteiger partial charge on any atom is 0.288 e. The minimum atomic E-state index is -0.413. The predicted molar refractivity (Wildman–Crippen MR) is 101 cm³/mol. The van der Waals surface area contributed by atoms with Crippen LogP contribution in [0.2, 0.25) is 5.02 Å². The number of carbonyl (C=O) groups excluding carboxylic acids is 1. The van der Waals surface area contributed by atoms with Crippen LogP contribution in [0.15, 0.2) is 48.9 Å². The minimum Gasteiger partial charge on any atom is -0.393 e. The highest BCUT2D eigenvalue weighted by Gasteiger charge is 2.11. The SMILES string of the molecule is Cc1ccc(Cl)cc1Nc1ncnc(NNC(=O)c2ccccn2)c1N. The normalized spacial score (nSPS) is 10.2. The number of hydrogen-bond donors (Lipinski definition) is 4. The average molecular weight is 370 g/mol. The summed E-state index contributed by atoms with van der Waals surface area (Å²) in [6, 6.07) is 10.5. The van der Waals surface area contributed by atoms with Crippen molar-refractivity contribution in [2.45, 2.75) is 6.92 Å². The monoisotopic (exact) mass is 369 g/mol. The number of aromatic nitrogens is 3. The zero-order chi connectivity index (χ0) is 18.5. The zero-order valence-electron chi connectivity index (χ0n) is 13.8. The lowest BCUT2D eigenvalue weighted by molar-refractivity contribution is 0.0957. The molecule has 0 aliphatic heterocycles. The van der Waals surface area contributed by atoms with Gasteiger partial charge in [-0.25, -0.2) is 9.97 Å². The number of hydrazine groups is 1. The number of amides is 1. The number of rotatable bonds is 5. The molecule has 0 saturated carbocycles. The lowest BCUT2D eigenvalue weighted by Gasteiger charge is -2.14. The highest BCUT2D eigenvalue weighted by molar-refractivity contribution is 6.30. The van der Waals surface area contributed by atoms with Crippen LogP contribution < -0.4 is 21.9 Å². The van der Waals surface area contributed by atoms with Gasteiger partial charge in [0.05, 0.1) is 0 Å². The van der Waals surface area contributed by atoms with Gasteiger partial charge in [0.25, 0.3) is 5.91 Å². The van der Waals surface area contributed by atoms with Gasteiger partial charge in [0, 0.05) is 16.9 Å². The summed E-state index contributed by atoms with van der Waals surface area (Å²) in [6.07, 6.45) is 2.86. The summed E-state index contributed by atoms with van der Waals surface area (Å²) in [6.45, 7) is 1.93. The largest absolute Gasteiger partial charge is 0.393 e. The summed E-state index contributed by atoms with van der Waals surface area (Å²) in [5, 5.41) is 3.70. The Kier molecular flexibility index (Phi) is 5.14. The Morgan fingerprint density at radius 1 is 1.12 bits per heavy atom. The Balaban J connectivity index is 1.75. The Labute approximate surface area is 154 Å². The van der Waals surface area contributed by atoms with Gasteiger partial charge in [-0.2, -0.15) is 0 Å². The van der Waals surface area contributed by atoms with Crippen LogP contribution >= 0.6 is 11.6 Å². The lowest BCUT2D eigenvalue weighted by atomic mass is 10.2. The van der Waals surface area contributed by atoms with Gasteiger partial charge >= 0.3 is 0 Å². The zero-order valence-corrected chi connectivity index (χ0v) is 14.6. The second-order valence-corrected chi connectivity index (χ2v) is 5.80. The number of nitrogens with two attached hydrogens (primary N) is 1. The molecule has 3 rings (SSSR count). The molecular weight excluding hydrogens is 354 g/mol. The molecule has 3 aromatic rings. The standard InChI is InChI=1S/C17H16ClN7O/c1-10-5-6-11(18)8-13(10)23-15-14(19)16(22-9-21-15)24-25-17(26)12-4-2-3-7-20-12/h2-9H,19H2,1H3,(H,25,26)(H2,21,22,23,24). The Morgan fingerprint density at radius 3 is 2.69 bits per heavy atom. The van der Waals surface area contributed by atoms with Gasteiger partial charge in [0.15, 0.2) is 11.6 Å². The van der Waals surface area contributed by atoms with E-state index in [0.29, 0.717) is 10.8 Å². The van der Waals surface area contributed by atoms with E-state index in [2.05, 4.69) is 31.1 Å². The van der Waals surface area contributed by atoms with Crippen molar-refractivity contribution in [3.63, 3.8) is 0 Å². The number of halogens is 1. The van der Waals surface area contributed by atoms with E-state index in [9.17, 15) is 4.79 Å². The number of hydrogen-bond acceptors (Lipinski definition) is 7. The van der Waals surface area contributed by atoms with Crippen LogP contribution in [0, 0.1) is 6.92 Å². The van der Waals surface area contributed by atoms with Crippen LogP contribution in [-0.2, 0) is 0 Å². The number of aryl methyl sites for hydroxylation is 1. The topological polar surface area (TPSA) is 118 Å². The highest BCUT2D eigenvalue weighted by atomic mass is 35.5. The number of anilines is 4. The third kappa shape index (κ3) is 3.98. The van der Waals surface area contributed by atoms with E-state index in [1.165, 1.54) is 12.5 Å². The molecule has 8 nitrogen and oxygen atoms in total. The minimum absolute atomic E-state index is 0.244. The molecule has 132 valence electrons. The molecule has 1 aromatic carbocycles. The van der Waals surface area contributed by atoms with Gasteiger partial charge in [-0.05, 0) is 36.8 Å². The molecule has 0 bridgehead atoms. The smallest absolute Gasteiger partial charge is 0.288 e. The van der Waals surface area contributed by atoms with Crippen molar-refractivity contribution in [3.05, 3.63) is 65.2 Å². The van der Waals surface area contributed by atoms with Crippen molar-refractivity contribution in [2.24, 2.45) is 0 Å². The third-order valence-corrected chi connectivity index (χ3v) is 3.76. The molecule has 26 heavy (non-hydrogen) atoms. The van der Waals surface area contributed by atoms with Crippen LogP contribution in [0.3, 0.4) is 0 Å². The molecule has 9 heteroatoms. The van der Waals surface area contributed by atoms with E-state index >= 15 is 0 Å². The average Bonchev–Trinajstić information content (AvgIpc) is 2.66. The quantitative estimate of drug-likeness (QED) is 0.510. The van der Waals surface area contributed by atoms with Gasteiger partial charge in [0.1, 0.15) is 17.7 Å². The Morgan fingerprint density at radius 2 is 1.92 bits per heavy atom. The number of nitrogens with zero attached hydrogens (tertiary/aromatic N) is 3. The molecule has 0 fully saturated rings. The van der Waals surface area contributed by atoms with Gasteiger partial charge in [0.2, 0.25) is 0 Å². The van der Waals surface area contributed by atoms with Gasteiger partial charge in [-0.15, -0.1) is 0 Å². The summed E-state index contributed by atoms with van der Waals surface area (Å²) >= 11 is 6.03. The van der Waals surface area contributed by atoms with E-state index in [0.717, 1.165) is 11.3 Å². The van der Waals surface area contributed by atoms with E-state index < -0.39 is 5.91 Å². The van der Waals surface area contributed by atoms with Gasteiger partial charge in [-0.3, -0.25) is 20.6 Å². The van der Waals surface area contributed by atoms with E-state index in [-0.39, 0.29) is 17.2 Å². The molecule has 2 aromatic heterocycles. The van der Waals surface area contributed by atoms with E-state index in [4.69, 9.17) is 17.3 Å². The molecule has 2 heterocycles. The number of pyridine rings is 1. The van der Waals surface area contributed by atoms with E-state index in [1.807, 2.05) is 13.0 Å². The number of benzene rings is 1. The van der Waals surface area contributed by atoms with Crippen LogP contribution in [-0.4, -0.2) is 20.9 Å². The summed E-state index contributed by atoms with van der Waals surface area (Å²) in [5.74, 6) is 0.232. The maximum atomic E-state index is 12.0. The number of nitrogens with one attached hydrogen (secondary N) is 3. The fourth-order valence-corrected chi connectivity index (χ4v) is 2.30. The Hall–Kier alpha value is -3.39. The molecular formula is C17H16ClN7O. The fourth-order valence-electron chi connectivity index (χ4n) is 2.13. The molecule has 0 spiro atoms. The molecule has 0 atom stereocenters. The van der Waals surface area contributed by atoms with E-state index in [1.54, 1.807) is 30.3 Å². The summed E-state index contributed by atoms with van der Waals surface area (Å²) in [4.78, 5) is 24.2. The first-order chi connectivity index (χ1) is 12.5. The van der Waals surface area contributed by atoms with Crippen LogP contribution in [0.1, 0.15) is 16.1 Å².